The molecule has 0 atom stereocenters. The highest BCUT2D eigenvalue weighted by Gasteiger charge is 2.21. The quantitative estimate of drug-likeness (QED) is 0.679. The zero-order chi connectivity index (χ0) is 14.2. The van der Waals surface area contributed by atoms with E-state index in [9.17, 15) is 8.78 Å². The Morgan fingerprint density at radius 2 is 1.58 bits per heavy atom. The first-order chi connectivity index (χ1) is 8.79. The standard InChI is InChI=1S/C15H15BrF2Si/c1-19(2,3)15-7-4-10(8-14(15)18)12-6-5-11(16)9-13(12)17/h4-9H,1-3H3. The van der Waals surface area contributed by atoms with E-state index in [-0.39, 0.29) is 11.6 Å². The van der Waals surface area contributed by atoms with Gasteiger partial charge < -0.3 is 0 Å². The fourth-order valence-electron chi connectivity index (χ4n) is 2.01. The molecule has 2 aromatic rings. The molecule has 0 aliphatic carbocycles. The number of hydrogen-bond acceptors (Lipinski definition) is 0. The highest BCUT2D eigenvalue weighted by Crippen LogP contribution is 2.26. The average molecular weight is 341 g/mol. The summed E-state index contributed by atoms with van der Waals surface area (Å²) in [5.74, 6) is -0.589. The molecule has 0 saturated heterocycles. The summed E-state index contributed by atoms with van der Waals surface area (Å²) >= 11 is 3.21. The van der Waals surface area contributed by atoms with Gasteiger partial charge in [0.15, 0.2) is 0 Å². The normalized spacial score (nSPS) is 11.7. The van der Waals surface area contributed by atoms with Crippen LogP contribution in [0.5, 0.6) is 0 Å². The van der Waals surface area contributed by atoms with Gasteiger partial charge in [-0.1, -0.05) is 53.8 Å². The molecular weight excluding hydrogens is 326 g/mol. The largest absolute Gasteiger partial charge is 0.207 e. The second-order valence-electron chi connectivity index (χ2n) is 5.57. The van der Waals surface area contributed by atoms with Crippen LogP contribution in [0, 0.1) is 11.6 Å². The van der Waals surface area contributed by atoms with Crippen molar-refractivity contribution in [1.29, 1.82) is 0 Å². The van der Waals surface area contributed by atoms with Crippen molar-refractivity contribution in [2.75, 3.05) is 0 Å². The van der Waals surface area contributed by atoms with Crippen molar-refractivity contribution in [2.24, 2.45) is 0 Å². The van der Waals surface area contributed by atoms with E-state index in [2.05, 4.69) is 35.6 Å². The fraction of sp³-hybridized carbons (Fsp3) is 0.200. The SMILES string of the molecule is C[Si](C)(C)c1ccc(-c2ccc(Br)cc2F)cc1F. The van der Waals surface area contributed by atoms with Crippen LogP contribution in [0.2, 0.25) is 19.6 Å². The van der Waals surface area contributed by atoms with Crippen LogP contribution in [0.4, 0.5) is 8.78 Å². The maximum atomic E-state index is 14.1. The second-order valence-corrected chi connectivity index (χ2v) is 11.5. The zero-order valence-corrected chi connectivity index (χ0v) is 13.7. The number of halogens is 3. The lowest BCUT2D eigenvalue weighted by molar-refractivity contribution is 0.627. The maximum absolute atomic E-state index is 14.1. The Balaban J connectivity index is 2.51. The first-order valence-electron chi connectivity index (χ1n) is 6.04. The monoisotopic (exact) mass is 340 g/mol. The smallest absolute Gasteiger partial charge is 0.132 e. The molecule has 0 spiro atoms. The summed E-state index contributed by atoms with van der Waals surface area (Å²) in [5, 5.41) is 0.772. The van der Waals surface area contributed by atoms with Crippen LogP contribution in [-0.2, 0) is 0 Å². The molecule has 0 heterocycles. The topological polar surface area (TPSA) is 0 Å². The van der Waals surface area contributed by atoms with Crippen molar-refractivity contribution in [2.45, 2.75) is 19.6 Å². The van der Waals surface area contributed by atoms with E-state index < -0.39 is 8.07 Å². The predicted octanol–water partition coefficient (Wildman–Crippen LogP) is 4.94. The van der Waals surface area contributed by atoms with Gasteiger partial charge in [0.25, 0.3) is 0 Å². The molecule has 0 fully saturated rings. The van der Waals surface area contributed by atoms with Crippen molar-refractivity contribution in [3.05, 3.63) is 52.5 Å². The number of benzene rings is 2. The fourth-order valence-corrected chi connectivity index (χ4v) is 3.72. The van der Waals surface area contributed by atoms with Gasteiger partial charge in [-0.05, 0) is 28.9 Å². The Bertz CT molecular complexity index is 618. The minimum absolute atomic E-state index is 0.237. The molecule has 2 rings (SSSR count). The van der Waals surface area contributed by atoms with E-state index in [1.54, 1.807) is 24.3 Å². The van der Waals surface area contributed by atoms with E-state index in [0.29, 0.717) is 15.6 Å². The molecule has 0 saturated carbocycles. The van der Waals surface area contributed by atoms with E-state index >= 15 is 0 Å². The van der Waals surface area contributed by atoms with Gasteiger partial charge in [-0.15, -0.1) is 0 Å². The molecule has 0 aliphatic rings. The zero-order valence-electron chi connectivity index (χ0n) is 11.1. The van der Waals surface area contributed by atoms with Crippen LogP contribution >= 0.6 is 15.9 Å². The van der Waals surface area contributed by atoms with Crippen LogP contribution in [0.1, 0.15) is 0 Å². The Kier molecular flexibility index (Phi) is 3.92. The van der Waals surface area contributed by atoms with Crippen molar-refractivity contribution < 1.29 is 8.78 Å². The van der Waals surface area contributed by atoms with Crippen molar-refractivity contribution >= 4 is 29.2 Å². The first-order valence-corrected chi connectivity index (χ1v) is 10.3. The summed E-state index contributed by atoms with van der Waals surface area (Å²) in [6.07, 6.45) is 0. The summed E-state index contributed by atoms with van der Waals surface area (Å²) in [7, 11) is -1.70. The first kappa shape index (κ1) is 14.4. The van der Waals surface area contributed by atoms with Gasteiger partial charge >= 0.3 is 0 Å². The van der Waals surface area contributed by atoms with Gasteiger partial charge in [0.05, 0.1) is 8.07 Å². The summed E-state index contributed by atoms with van der Waals surface area (Å²) < 4.78 is 28.7. The molecule has 0 aliphatic heterocycles. The summed E-state index contributed by atoms with van der Waals surface area (Å²) in [4.78, 5) is 0. The number of hydrogen-bond donors (Lipinski definition) is 0. The predicted molar refractivity (Wildman–Crippen MR) is 82.5 cm³/mol. The molecule has 0 nitrogen and oxygen atoms in total. The molecule has 0 N–H and O–H groups in total. The van der Waals surface area contributed by atoms with E-state index in [0.717, 1.165) is 5.19 Å². The van der Waals surface area contributed by atoms with Gasteiger partial charge in [-0.3, -0.25) is 0 Å². The molecule has 0 aromatic heterocycles. The second kappa shape index (κ2) is 5.17. The maximum Gasteiger partial charge on any atom is 0.132 e. The Hall–Kier alpha value is -1.00. The van der Waals surface area contributed by atoms with Gasteiger partial charge in [0.2, 0.25) is 0 Å². The minimum Gasteiger partial charge on any atom is -0.207 e. The van der Waals surface area contributed by atoms with Crippen LogP contribution < -0.4 is 5.19 Å². The van der Waals surface area contributed by atoms with Gasteiger partial charge in [-0.2, -0.15) is 0 Å². The van der Waals surface area contributed by atoms with Crippen LogP contribution in [0.25, 0.3) is 11.1 Å². The van der Waals surface area contributed by atoms with Crippen molar-refractivity contribution in [3.63, 3.8) is 0 Å². The van der Waals surface area contributed by atoms with Gasteiger partial charge in [-0.25, -0.2) is 8.78 Å². The Labute approximate surface area is 121 Å². The average Bonchev–Trinajstić information content (AvgIpc) is 2.26. The summed E-state index contributed by atoms with van der Waals surface area (Å²) in [5.41, 5.74) is 0.994. The molecule has 100 valence electrons. The van der Waals surface area contributed by atoms with Crippen LogP contribution in [0.3, 0.4) is 0 Å². The van der Waals surface area contributed by atoms with E-state index in [1.165, 1.54) is 12.1 Å². The lowest BCUT2D eigenvalue weighted by Gasteiger charge is -2.18. The third-order valence-electron chi connectivity index (χ3n) is 3.02. The molecule has 19 heavy (non-hydrogen) atoms. The summed E-state index contributed by atoms with van der Waals surface area (Å²) in [6, 6.07) is 9.81. The van der Waals surface area contributed by atoms with Gasteiger partial charge in [0.1, 0.15) is 11.6 Å². The molecule has 2 aromatic carbocycles. The molecule has 0 radical (unpaired) electrons. The summed E-state index contributed by atoms with van der Waals surface area (Å²) in [6.45, 7) is 6.27. The van der Waals surface area contributed by atoms with Crippen molar-refractivity contribution in [3.8, 4) is 11.1 Å². The lowest BCUT2D eigenvalue weighted by Crippen LogP contribution is -2.39. The Morgan fingerprint density at radius 3 is 2.11 bits per heavy atom. The number of rotatable bonds is 2. The van der Waals surface area contributed by atoms with E-state index in [1.807, 2.05) is 0 Å². The Morgan fingerprint density at radius 1 is 0.895 bits per heavy atom. The molecule has 0 amide bonds. The third-order valence-corrected chi connectivity index (χ3v) is 5.53. The molecular formula is C15H15BrF2Si. The third kappa shape index (κ3) is 3.12. The van der Waals surface area contributed by atoms with Crippen LogP contribution in [0.15, 0.2) is 40.9 Å². The molecule has 0 unspecified atom stereocenters. The highest BCUT2D eigenvalue weighted by atomic mass is 79.9. The molecule has 0 bridgehead atoms. The molecule has 4 heteroatoms. The van der Waals surface area contributed by atoms with E-state index in [4.69, 9.17) is 0 Å². The minimum atomic E-state index is -1.70. The lowest BCUT2D eigenvalue weighted by atomic mass is 10.1. The highest BCUT2D eigenvalue weighted by molar-refractivity contribution is 9.10. The van der Waals surface area contributed by atoms with Crippen LogP contribution in [-0.4, -0.2) is 8.07 Å². The van der Waals surface area contributed by atoms with Crippen molar-refractivity contribution in [1.82, 2.24) is 0 Å². The van der Waals surface area contributed by atoms with Gasteiger partial charge in [0, 0.05) is 10.0 Å².